The molecule has 7 heteroatoms. The first-order chi connectivity index (χ1) is 9.94. The van der Waals surface area contributed by atoms with Crippen molar-refractivity contribution in [3.8, 4) is 0 Å². The van der Waals surface area contributed by atoms with E-state index in [0.29, 0.717) is 24.7 Å². The molecular weight excluding hydrogens is 290 g/mol. The molecule has 1 fully saturated rings. The molecule has 2 atom stereocenters. The maximum absolute atomic E-state index is 12.1. The lowest BCUT2D eigenvalue weighted by atomic mass is 9.97. The topological polar surface area (TPSA) is 87.3 Å². The number of hydrogen-bond donors (Lipinski definition) is 3. The number of rotatable bonds is 5. The van der Waals surface area contributed by atoms with Gasteiger partial charge in [-0.3, -0.25) is 4.79 Å². The highest BCUT2D eigenvalue weighted by Crippen LogP contribution is 2.19. The van der Waals surface area contributed by atoms with Crippen LogP contribution in [0.3, 0.4) is 0 Å². The van der Waals surface area contributed by atoms with Gasteiger partial charge in [0, 0.05) is 18.8 Å². The molecule has 1 aromatic rings. The van der Waals surface area contributed by atoms with E-state index in [1.165, 1.54) is 12.1 Å². The summed E-state index contributed by atoms with van der Waals surface area (Å²) in [6, 6.07) is 6.19. The summed E-state index contributed by atoms with van der Waals surface area (Å²) in [6.45, 7) is 5.63. The van der Waals surface area contributed by atoms with Crippen LogP contribution in [0.1, 0.15) is 13.8 Å². The van der Waals surface area contributed by atoms with E-state index >= 15 is 0 Å². The van der Waals surface area contributed by atoms with Crippen LogP contribution in [0.15, 0.2) is 29.2 Å². The number of hydrogen-bond acceptors (Lipinski definition) is 4. The number of sulfonamides is 1. The highest BCUT2D eigenvalue weighted by Gasteiger charge is 2.29. The van der Waals surface area contributed by atoms with Gasteiger partial charge < -0.3 is 10.6 Å². The quantitative estimate of drug-likeness (QED) is 0.750. The van der Waals surface area contributed by atoms with E-state index in [1.54, 1.807) is 19.1 Å². The lowest BCUT2D eigenvalue weighted by molar-refractivity contribution is -0.120. The summed E-state index contributed by atoms with van der Waals surface area (Å²) in [5.74, 6) is 0.225. The van der Waals surface area contributed by atoms with Gasteiger partial charge in [-0.15, -0.1) is 0 Å². The number of benzene rings is 1. The van der Waals surface area contributed by atoms with Gasteiger partial charge in [0.1, 0.15) is 0 Å². The van der Waals surface area contributed by atoms with Crippen LogP contribution in [0.5, 0.6) is 0 Å². The third-order valence-electron chi connectivity index (χ3n) is 3.62. The number of carbonyl (C=O) groups is 1. The average Bonchev–Trinajstić information content (AvgIpc) is 2.85. The van der Waals surface area contributed by atoms with Crippen molar-refractivity contribution in [2.24, 2.45) is 11.8 Å². The molecule has 0 radical (unpaired) electrons. The predicted molar refractivity (Wildman–Crippen MR) is 81.5 cm³/mol. The zero-order valence-electron chi connectivity index (χ0n) is 12.2. The van der Waals surface area contributed by atoms with Gasteiger partial charge in [-0.25, -0.2) is 13.1 Å². The van der Waals surface area contributed by atoms with Gasteiger partial charge in [-0.2, -0.15) is 0 Å². The molecule has 0 bridgehead atoms. The van der Waals surface area contributed by atoms with Crippen LogP contribution in [0.4, 0.5) is 5.69 Å². The Morgan fingerprint density at radius 1 is 1.29 bits per heavy atom. The molecule has 0 aromatic heterocycles. The maximum Gasteiger partial charge on any atom is 0.240 e. The SMILES string of the molecule is CCNS(=O)(=O)c1ccc(NC(=O)[C@@H]2CNC[C@H]2C)cc1. The van der Waals surface area contributed by atoms with E-state index in [2.05, 4.69) is 15.4 Å². The molecule has 6 nitrogen and oxygen atoms in total. The molecule has 3 N–H and O–H groups in total. The number of nitrogens with one attached hydrogen (secondary N) is 3. The minimum Gasteiger partial charge on any atom is -0.326 e. The largest absolute Gasteiger partial charge is 0.326 e. The minimum atomic E-state index is -3.45. The molecule has 2 rings (SSSR count). The zero-order chi connectivity index (χ0) is 15.5. The van der Waals surface area contributed by atoms with Crippen molar-refractivity contribution < 1.29 is 13.2 Å². The molecule has 1 aliphatic heterocycles. The van der Waals surface area contributed by atoms with E-state index in [1.807, 2.05) is 6.92 Å². The first-order valence-electron chi connectivity index (χ1n) is 7.05. The number of carbonyl (C=O) groups excluding carboxylic acids is 1. The van der Waals surface area contributed by atoms with Crippen LogP contribution in [0.2, 0.25) is 0 Å². The Labute approximate surface area is 125 Å². The Morgan fingerprint density at radius 3 is 2.48 bits per heavy atom. The molecule has 0 spiro atoms. The molecule has 1 aromatic carbocycles. The fourth-order valence-corrected chi connectivity index (χ4v) is 3.43. The lowest BCUT2D eigenvalue weighted by Crippen LogP contribution is -2.28. The van der Waals surface area contributed by atoms with Gasteiger partial charge in [0.25, 0.3) is 0 Å². The van der Waals surface area contributed by atoms with Crippen molar-refractivity contribution in [1.82, 2.24) is 10.0 Å². The van der Waals surface area contributed by atoms with Crippen LogP contribution in [0.25, 0.3) is 0 Å². The van der Waals surface area contributed by atoms with Gasteiger partial charge in [-0.05, 0) is 36.7 Å². The van der Waals surface area contributed by atoms with Crippen LogP contribution >= 0.6 is 0 Å². The summed E-state index contributed by atoms with van der Waals surface area (Å²) in [5.41, 5.74) is 0.606. The highest BCUT2D eigenvalue weighted by molar-refractivity contribution is 7.89. The van der Waals surface area contributed by atoms with Crippen molar-refractivity contribution >= 4 is 21.6 Å². The van der Waals surface area contributed by atoms with Crippen LogP contribution < -0.4 is 15.4 Å². The Bertz CT molecular complexity index is 598. The first kappa shape index (κ1) is 15.9. The standard InChI is InChI=1S/C14H21N3O3S/c1-3-16-21(19,20)12-6-4-11(5-7-12)17-14(18)13-9-15-8-10(13)2/h4-7,10,13,15-16H,3,8-9H2,1-2H3,(H,17,18)/t10-,13-/m1/s1. The fraction of sp³-hybridized carbons (Fsp3) is 0.500. The molecule has 1 heterocycles. The van der Waals surface area contributed by atoms with Crippen LogP contribution in [0, 0.1) is 11.8 Å². The van der Waals surface area contributed by atoms with E-state index in [9.17, 15) is 13.2 Å². The molecule has 0 aliphatic carbocycles. The molecule has 1 saturated heterocycles. The predicted octanol–water partition coefficient (Wildman–Crippen LogP) is 0.779. The third kappa shape index (κ3) is 3.81. The Morgan fingerprint density at radius 2 is 1.95 bits per heavy atom. The summed E-state index contributed by atoms with van der Waals surface area (Å²) in [5, 5.41) is 6.01. The molecule has 1 aliphatic rings. The zero-order valence-corrected chi connectivity index (χ0v) is 13.0. The third-order valence-corrected chi connectivity index (χ3v) is 5.18. The number of anilines is 1. The molecule has 0 saturated carbocycles. The van der Waals surface area contributed by atoms with Gasteiger partial charge in [0.15, 0.2) is 0 Å². The molecule has 0 unspecified atom stereocenters. The monoisotopic (exact) mass is 311 g/mol. The second-order valence-electron chi connectivity index (χ2n) is 5.26. The molecule has 116 valence electrons. The summed E-state index contributed by atoms with van der Waals surface area (Å²) < 4.78 is 26.0. The van der Waals surface area contributed by atoms with Gasteiger partial charge in [-0.1, -0.05) is 13.8 Å². The summed E-state index contributed by atoms with van der Waals surface area (Å²) in [7, 11) is -3.45. The van der Waals surface area contributed by atoms with Gasteiger partial charge in [0.2, 0.25) is 15.9 Å². The second-order valence-corrected chi connectivity index (χ2v) is 7.02. The molecule has 21 heavy (non-hydrogen) atoms. The van der Waals surface area contributed by atoms with E-state index in [0.717, 1.165) is 6.54 Å². The summed E-state index contributed by atoms with van der Waals surface area (Å²) in [6.07, 6.45) is 0. The normalized spacial score (nSPS) is 22.2. The van der Waals surface area contributed by atoms with Crippen molar-refractivity contribution in [3.63, 3.8) is 0 Å². The maximum atomic E-state index is 12.1. The van der Waals surface area contributed by atoms with E-state index < -0.39 is 10.0 Å². The van der Waals surface area contributed by atoms with Gasteiger partial charge in [0.05, 0.1) is 10.8 Å². The van der Waals surface area contributed by atoms with Crippen molar-refractivity contribution in [2.75, 3.05) is 25.0 Å². The Hall–Kier alpha value is -1.44. The Kier molecular flexibility index (Phi) is 4.97. The van der Waals surface area contributed by atoms with Crippen LogP contribution in [-0.4, -0.2) is 34.0 Å². The van der Waals surface area contributed by atoms with Crippen molar-refractivity contribution in [2.45, 2.75) is 18.7 Å². The second kappa shape index (κ2) is 6.55. The smallest absolute Gasteiger partial charge is 0.240 e. The van der Waals surface area contributed by atoms with E-state index in [4.69, 9.17) is 0 Å². The highest BCUT2D eigenvalue weighted by atomic mass is 32.2. The number of amides is 1. The minimum absolute atomic E-state index is 0.0326. The summed E-state index contributed by atoms with van der Waals surface area (Å²) >= 11 is 0. The fourth-order valence-electron chi connectivity index (χ4n) is 2.39. The van der Waals surface area contributed by atoms with Crippen molar-refractivity contribution in [1.29, 1.82) is 0 Å². The van der Waals surface area contributed by atoms with Crippen LogP contribution in [-0.2, 0) is 14.8 Å². The van der Waals surface area contributed by atoms with Crippen molar-refractivity contribution in [3.05, 3.63) is 24.3 Å². The van der Waals surface area contributed by atoms with Gasteiger partial charge >= 0.3 is 0 Å². The molecule has 1 amide bonds. The summed E-state index contributed by atoms with van der Waals surface area (Å²) in [4.78, 5) is 12.3. The molecular formula is C14H21N3O3S. The first-order valence-corrected chi connectivity index (χ1v) is 8.53. The lowest BCUT2D eigenvalue weighted by Gasteiger charge is -2.14. The Balaban J connectivity index is 2.04. The average molecular weight is 311 g/mol. The van der Waals surface area contributed by atoms with E-state index in [-0.39, 0.29) is 16.7 Å².